The molecular weight excluding hydrogens is 298 g/mol. The number of amides is 1. The topological polar surface area (TPSA) is 93.1 Å². The van der Waals surface area contributed by atoms with E-state index in [0.29, 0.717) is 13.0 Å². The molecule has 8 nitrogen and oxygen atoms in total. The van der Waals surface area contributed by atoms with Gasteiger partial charge in [-0.3, -0.25) is 9.48 Å². The lowest BCUT2D eigenvalue weighted by atomic mass is 9.99. The molecule has 23 heavy (non-hydrogen) atoms. The number of methoxy groups -OCH3 is 1. The molecule has 0 aliphatic carbocycles. The van der Waals surface area contributed by atoms with Gasteiger partial charge in [-0.1, -0.05) is 0 Å². The first kappa shape index (κ1) is 15.0. The van der Waals surface area contributed by atoms with Crippen LogP contribution in [-0.4, -0.2) is 50.2 Å². The molecule has 0 bridgehead atoms. The molecule has 0 spiro atoms. The number of H-pyrrole nitrogens is 1. The number of esters is 1. The molecular formula is C15H17N5O3. The predicted molar refractivity (Wildman–Crippen MR) is 80.2 cm³/mol. The van der Waals surface area contributed by atoms with Gasteiger partial charge < -0.3 is 14.6 Å². The fourth-order valence-electron chi connectivity index (χ4n) is 2.77. The molecule has 8 heteroatoms. The third-order valence-electron chi connectivity index (χ3n) is 3.91. The van der Waals surface area contributed by atoms with Gasteiger partial charge >= 0.3 is 5.97 Å². The maximum atomic E-state index is 12.5. The number of ether oxygens (including phenoxy) is 1. The van der Waals surface area contributed by atoms with Crippen LogP contribution in [0.25, 0.3) is 0 Å². The molecule has 3 rings (SSSR count). The van der Waals surface area contributed by atoms with E-state index in [1.807, 2.05) is 13.1 Å². The summed E-state index contributed by atoms with van der Waals surface area (Å²) >= 11 is 0. The number of nitrogens with one attached hydrogen (secondary N) is 1. The Morgan fingerprint density at radius 2 is 2.26 bits per heavy atom. The van der Waals surface area contributed by atoms with Crippen molar-refractivity contribution < 1.29 is 14.3 Å². The average molecular weight is 315 g/mol. The Labute approximate surface area is 132 Å². The molecule has 1 aliphatic rings. The number of hydrogen-bond acceptors (Lipinski definition) is 5. The van der Waals surface area contributed by atoms with Crippen molar-refractivity contribution >= 4 is 11.9 Å². The van der Waals surface area contributed by atoms with Crippen LogP contribution in [0, 0.1) is 0 Å². The molecule has 0 saturated carbocycles. The van der Waals surface area contributed by atoms with E-state index in [0.717, 1.165) is 23.2 Å². The van der Waals surface area contributed by atoms with Gasteiger partial charge in [0, 0.05) is 44.1 Å². The van der Waals surface area contributed by atoms with Gasteiger partial charge in [-0.25, -0.2) is 9.78 Å². The molecule has 1 atom stereocenters. The van der Waals surface area contributed by atoms with Crippen LogP contribution in [-0.2, 0) is 27.8 Å². The summed E-state index contributed by atoms with van der Waals surface area (Å²) in [7, 11) is 3.09. The van der Waals surface area contributed by atoms with Crippen molar-refractivity contribution in [3.63, 3.8) is 0 Å². The highest BCUT2D eigenvalue weighted by Crippen LogP contribution is 2.33. The number of fused-ring (bicyclic) bond motifs is 1. The minimum Gasteiger partial charge on any atom is -0.466 e. The molecule has 1 amide bonds. The summed E-state index contributed by atoms with van der Waals surface area (Å²) in [6.07, 6.45) is 6.35. The predicted octanol–water partition coefficient (Wildman–Crippen LogP) is 0.346. The first-order valence-corrected chi connectivity index (χ1v) is 7.18. The summed E-state index contributed by atoms with van der Waals surface area (Å²) in [5, 5.41) is 4.18. The van der Waals surface area contributed by atoms with Crippen LogP contribution in [0.15, 0.2) is 30.7 Å². The highest BCUT2D eigenvalue weighted by atomic mass is 16.5. The van der Waals surface area contributed by atoms with E-state index in [4.69, 9.17) is 0 Å². The van der Waals surface area contributed by atoms with E-state index in [-0.39, 0.29) is 11.9 Å². The number of aryl methyl sites for hydroxylation is 1. The normalized spacial score (nSPS) is 17.3. The zero-order valence-electron chi connectivity index (χ0n) is 12.9. The minimum absolute atomic E-state index is 0.268. The van der Waals surface area contributed by atoms with Gasteiger partial charge in [0.2, 0.25) is 5.91 Å². The fourth-order valence-corrected chi connectivity index (χ4v) is 2.77. The molecule has 3 heterocycles. The molecule has 2 aromatic rings. The summed E-state index contributed by atoms with van der Waals surface area (Å²) in [5.74, 6) is -0.830. The van der Waals surface area contributed by atoms with Crippen LogP contribution in [0.1, 0.15) is 23.1 Å². The molecule has 0 aromatic carbocycles. The number of carbonyl (C=O) groups excluding carboxylic acids is 2. The Morgan fingerprint density at radius 3 is 2.96 bits per heavy atom. The molecule has 120 valence electrons. The minimum atomic E-state index is -0.562. The largest absolute Gasteiger partial charge is 0.466 e. The quantitative estimate of drug-likeness (QED) is 0.651. The molecule has 0 fully saturated rings. The Kier molecular flexibility index (Phi) is 3.96. The first-order chi connectivity index (χ1) is 11.1. The number of rotatable bonds is 3. The number of nitrogens with zero attached hydrogens (tertiary/aromatic N) is 4. The lowest BCUT2D eigenvalue weighted by molar-refractivity contribution is -0.135. The van der Waals surface area contributed by atoms with Crippen molar-refractivity contribution in [3.8, 4) is 0 Å². The zero-order chi connectivity index (χ0) is 16.4. The van der Waals surface area contributed by atoms with Gasteiger partial charge in [0.25, 0.3) is 0 Å². The zero-order valence-corrected chi connectivity index (χ0v) is 12.9. The Balaban J connectivity index is 1.96. The third kappa shape index (κ3) is 2.75. The summed E-state index contributed by atoms with van der Waals surface area (Å²) in [6.45, 7) is 0.523. The van der Waals surface area contributed by atoms with Crippen LogP contribution in [0.4, 0.5) is 0 Å². The maximum absolute atomic E-state index is 12.5. The second-order valence-corrected chi connectivity index (χ2v) is 5.19. The Morgan fingerprint density at radius 1 is 1.43 bits per heavy atom. The molecule has 1 N–H and O–H groups in total. The van der Waals surface area contributed by atoms with Crippen molar-refractivity contribution in [2.45, 2.75) is 12.5 Å². The van der Waals surface area contributed by atoms with Gasteiger partial charge in [0.1, 0.15) is 6.04 Å². The second-order valence-electron chi connectivity index (χ2n) is 5.19. The number of imidazole rings is 1. The van der Waals surface area contributed by atoms with Gasteiger partial charge in [0.15, 0.2) is 0 Å². The van der Waals surface area contributed by atoms with Crippen LogP contribution in [0.3, 0.4) is 0 Å². The van der Waals surface area contributed by atoms with E-state index < -0.39 is 5.97 Å². The van der Waals surface area contributed by atoms with E-state index in [1.165, 1.54) is 13.2 Å². The van der Waals surface area contributed by atoms with Crippen molar-refractivity contribution in [2.75, 3.05) is 13.7 Å². The average Bonchev–Trinajstić information content (AvgIpc) is 3.19. The van der Waals surface area contributed by atoms with Gasteiger partial charge in [0.05, 0.1) is 24.8 Å². The monoisotopic (exact) mass is 315 g/mol. The molecule has 1 aliphatic heterocycles. The fraction of sp³-hybridized carbons (Fsp3) is 0.333. The first-order valence-electron chi connectivity index (χ1n) is 7.18. The highest BCUT2D eigenvalue weighted by molar-refractivity contribution is 5.95. The molecule has 2 aromatic heterocycles. The lowest BCUT2D eigenvalue weighted by Gasteiger charge is -2.34. The smallest absolute Gasteiger partial charge is 0.330 e. The van der Waals surface area contributed by atoms with Crippen LogP contribution >= 0.6 is 0 Å². The summed E-state index contributed by atoms with van der Waals surface area (Å²) in [5.41, 5.74) is 2.68. The van der Waals surface area contributed by atoms with Crippen molar-refractivity contribution in [1.29, 1.82) is 0 Å². The van der Waals surface area contributed by atoms with Crippen molar-refractivity contribution in [3.05, 3.63) is 47.8 Å². The summed E-state index contributed by atoms with van der Waals surface area (Å²) < 4.78 is 6.24. The number of aromatic nitrogens is 4. The number of aromatic amines is 1. The summed E-state index contributed by atoms with van der Waals surface area (Å²) in [6, 6.07) is 1.52. The maximum Gasteiger partial charge on any atom is 0.330 e. The van der Waals surface area contributed by atoms with Crippen LogP contribution in [0.2, 0.25) is 0 Å². The van der Waals surface area contributed by atoms with Gasteiger partial charge in [-0.15, -0.1) is 0 Å². The van der Waals surface area contributed by atoms with Gasteiger partial charge in [-0.2, -0.15) is 5.10 Å². The van der Waals surface area contributed by atoms with E-state index >= 15 is 0 Å². The number of hydrogen-bond donors (Lipinski definition) is 1. The number of carbonyl (C=O) groups is 2. The second kappa shape index (κ2) is 6.07. The Bertz CT molecular complexity index is 761. The van der Waals surface area contributed by atoms with E-state index in [2.05, 4.69) is 19.8 Å². The van der Waals surface area contributed by atoms with Crippen LogP contribution in [0.5, 0.6) is 0 Å². The third-order valence-corrected chi connectivity index (χ3v) is 3.91. The van der Waals surface area contributed by atoms with Crippen molar-refractivity contribution in [2.24, 2.45) is 7.05 Å². The van der Waals surface area contributed by atoms with E-state index in [9.17, 15) is 9.59 Å². The van der Waals surface area contributed by atoms with Crippen molar-refractivity contribution in [1.82, 2.24) is 24.6 Å². The molecule has 1 unspecified atom stereocenters. The lowest BCUT2D eigenvalue weighted by Crippen LogP contribution is -2.40. The standard InChI is InChI=1S/C15H17N5O3/c1-19-11(5-7-18-19)15-14-10(16-9-17-14)6-8-20(15)12(21)3-4-13(22)23-2/h3-5,7,9,15H,6,8H2,1-2H3,(H,16,17)/b4-3+. The Hall–Kier alpha value is -2.90. The van der Waals surface area contributed by atoms with Gasteiger partial charge in [-0.05, 0) is 6.07 Å². The van der Waals surface area contributed by atoms with E-state index in [1.54, 1.807) is 22.1 Å². The SMILES string of the molecule is COC(=O)/C=C/C(=O)N1CCc2[nH]cnc2C1c1ccnn1C. The highest BCUT2D eigenvalue weighted by Gasteiger charge is 2.34. The summed E-state index contributed by atoms with van der Waals surface area (Å²) in [4.78, 5) is 32.9. The molecule has 0 saturated heterocycles. The van der Waals surface area contributed by atoms with Crippen LogP contribution < -0.4 is 0 Å². The molecule has 0 radical (unpaired) electrons.